The van der Waals surface area contributed by atoms with Crippen LogP contribution in [0.2, 0.25) is 0 Å². The summed E-state index contributed by atoms with van der Waals surface area (Å²) in [5, 5.41) is 9.12. The zero-order valence-electron chi connectivity index (χ0n) is 6.92. The summed E-state index contributed by atoms with van der Waals surface area (Å²) in [6.45, 7) is 5.33. The van der Waals surface area contributed by atoms with Gasteiger partial charge in [0, 0.05) is 5.92 Å². The first-order chi connectivity index (χ1) is 4.57. The number of ketones is 1. The molecule has 0 aromatic heterocycles. The Morgan fingerprint density at radius 1 is 1.60 bits per heavy atom. The largest absolute Gasteiger partial charge is 0.393 e. The van der Waals surface area contributed by atoms with Crippen LogP contribution in [0.15, 0.2) is 0 Å². The van der Waals surface area contributed by atoms with E-state index in [2.05, 4.69) is 0 Å². The summed E-state index contributed by atoms with van der Waals surface area (Å²) in [4.78, 5) is 10.7. The molecule has 0 aromatic carbocycles. The van der Waals surface area contributed by atoms with Crippen LogP contribution in [0.5, 0.6) is 0 Å². The minimum Gasteiger partial charge on any atom is -0.393 e. The van der Waals surface area contributed by atoms with Gasteiger partial charge >= 0.3 is 0 Å². The third kappa shape index (κ3) is 3.62. The molecular formula is C8H16O2. The maximum Gasteiger partial charge on any atom is 0.132 e. The Morgan fingerprint density at radius 3 is 2.40 bits per heavy atom. The maximum absolute atomic E-state index is 10.7. The summed E-state index contributed by atoms with van der Waals surface area (Å²) in [6.07, 6.45) is 1.03. The normalized spacial score (nSPS) is 16.4. The molecule has 0 fully saturated rings. The Balaban J connectivity index is 3.56. The molecule has 0 saturated carbocycles. The molecule has 0 amide bonds. The minimum atomic E-state index is -0.307. The predicted octanol–water partition coefficient (Wildman–Crippen LogP) is 1.37. The first-order valence-electron chi connectivity index (χ1n) is 3.76. The molecular weight excluding hydrogens is 128 g/mol. The van der Waals surface area contributed by atoms with Crippen molar-refractivity contribution in [1.29, 1.82) is 0 Å². The van der Waals surface area contributed by atoms with E-state index in [-0.39, 0.29) is 17.8 Å². The highest BCUT2D eigenvalue weighted by Gasteiger charge is 2.11. The van der Waals surface area contributed by atoms with E-state index in [0.29, 0.717) is 6.42 Å². The van der Waals surface area contributed by atoms with Crippen molar-refractivity contribution in [3.8, 4) is 0 Å². The zero-order valence-corrected chi connectivity index (χ0v) is 6.92. The Hall–Kier alpha value is -0.370. The molecule has 0 rings (SSSR count). The third-order valence-electron chi connectivity index (χ3n) is 1.79. The van der Waals surface area contributed by atoms with E-state index in [4.69, 9.17) is 5.11 Å². The zero-order chi connectivity index (χ0) is 8.15. The van der Waals surface area contributed by atoms with Crippen LogP contribution in [0.25, 0.3) is 0 Å². The van der Waals surface area contributed by atoms with Gasteiger partial charge < -0.3 is 5.11 Å². The highest BCUT2D eigenvalue weighted by molar-refractivity contribution is 5.77. The van der Waals surface area contributed by atoms with E-state index in [1.54, 1.807) is 6.92 Å². The number of rotatable bonds is 4. The van der Waals surface area contributed by atoms with Crippen LogP contribution < -0.4 is 0 Å². The summed E-state index contributed by atoms with van der Waals surface area (Å²) < 4.78 is 0. The van der Waals surface area contributed by atoms with Crippen molar-refractivity contribution >= 4 is 5.78 Å². The SMILES string of the molecule is CCC(O)CC(C)C(C)=O. The topological polar surface area (TPSA) is 37.3 Å². The first-order valence-corrected chi connectivity index (χ1v) is 3.76. The number of Topliss-reactive ketones (excluding diaryl/α,β-unsaturated/α-hetero) is 1. The molecule has 2 heteroatoms. The molecule has 0 saturated heterocycles. The number of hydrogen-bond donors (Lipinski definition) is 1. The summed E-state index contributed by atoms with van der Waals surface area (Å²) >= 11 is 0. The lowest BCUT2D eigenvalue weighted by Crippen LogP contribution is -2.15. The number of carbonyl (C=O) groups is 1. The fraction of sp³-hybridized carbons (Fsp3) is 0.875. The van der Waals surface area contributed by atoms with Gasteiger partial charge in [-0.15, -0.1) is 0 Å². The van der Waals surface area contributed by atoms with Crippen molar-refractivity contribution in [2.45, 2.75) is 39.7 Å². The number of carbonyl (C=O) groups excluding carboxylic acids is 1. The second-order valence-corrected chi connectivity index (χ2v) is 2.81. The molecule has 0 radical (unpaired) electrons. The van der Waals surface area contributed by atoms with Gasteiger partial charge in [0.2, 0.25) is 0 Å². The highest BCUT2D eigenvalue weighted by atomic mass is 16.3. The molecule has 2 nitrogen and oxygen atoms in total. The van der Waals surface area contributed by atoms with Gasteiger partial charge in [-0.2, -0.15) is 0 Å². The summed E-state index contributed by atoms with van der Waals surface area (Å²) in [6, 6.07) is 0. The van der Waals surface area contributed by atoms with Gasteiger partial charge in [-0.3, -0.25) is 4.79 Å². The third-order valence-corrected chi connectivity index (χ3v) is 1.79. The quantitative estimate of drug-likeness (QED) is 0.647. The van der Waals surface area contributed by atoms with Crippen LogP contribution in [0.1, 0.15) is 33.6 Å². The lowest BCUT2D eigenvalue weighted by molar-refractivity contribution is -0.121. The van der Waals surface area contributed by atoms with Crippen molar-refractivity contribution < 1.29 is 9.90 Å². The van der Waals surface area contributed by atoms with Crippen LogP contribution in [0, 0.1) is 5.92 Å². The van der Waals surface area contributed by atoms with Crippen molar-refractivity contribution in [2.24, 2.45) is 5.92 Å². The van der Waals surface area contributed by atoms with Crippen LogP contribution in [-0.2, 0) is 4.79 Å². The molecule has 0 aliphatic carbocycles. The molecule has 1 N–H and O–H groups in total. The summed E-state index contributed by atoms with van der Waals surface area (Å²) in [5.74, 6) is 0.169. The van der Waals surface area contributed by atoms with Crippen LogP contribution in [-0.4, -0.2) is 17.0 Å². The monoisotopic (exact) mass is 144 g/mol. The van der Waals surface area contributed by atoms with Gasteiger partial charge in [-0.1, -0.05) is 13.8 Å². The van der Waals surface area contributed by atoms with Gasteiger partial charge in [0.1, 0.15) is 5.78 Å². The lowest BCUT2D eigenvalue weighted by atomic mass is 9.99. The molecule has 0 heterocycles. The van der Waals surface area contributed by atoms with E-state index in [9.17, 15) is 4.79 Å². The smallest absolute Gasteiger partial charge is 0.132 e. The van der Waals surface area contributed by atoms with Crippen LogP contribution in [0.3, 0.4) is 0 Å². The molecule has 0 bridgehead atoms. The van der Waals surface area contributed by atoms with E-state index < -0.39 is 0 Å². The van der Waals surface area contributed by atoms with Gasteiger partial charge in [0.15, 0.2) is 0 Å². The Bertz CT molecular complexity index is 110. The standard InChI is InChI=1S/C8H16O2/c1-4-8(10)5-6(2)7(3)9/h6,8,10H,4-5H2,1-3H3. The van der Waals surface area contributed by atoms with Crippen LogP contribution in [0.4, 0.5) is 0 Å². The average Bonchev–Trinajstić information content (AvgIpc) is 1.87. The molecule has 2 atom stereocenters. The van der Waals surface area contributed by atoms with Crippen molar-refractivity contribution in [1.82, 2.24) is 0 Å². The Morgan fingerprint density at radius 2 is 2.10 bits per heavy atom. The maximum atomic E-state index is 10.7. The second kappa shape index (κ2) is 4.45. The number of hydrogen-bond acceptors (Lipinski definition) is 2. The molecule has 0 spiro atoms. The number of aliphatic hydroxyl groups is 1. The van der Waals surface area contributed by atoms with E-state index in [0.717, 1.165) is 6.42 Å². The van der Waals surface area contributed by atoms with E-state index in [1.807, 2.05) is 13.8 Å². The summed E-state index contributed by atoms with van der Waals surface area (Å²) in [5.41, 5.74) is 0. The highest BCUT2D eigenvalue weighted by Crippen LogP contribution is 2.08. The average molecular weight is 144 g/mol. The second-order valence-electron chi connectivity index (χ2n) is 2.81. The minimum absolute atomic E-state index is 0.00921. The van der Waals surface area contributed by atoms with Crippen molar-refractivity contribution in [2.75, 3.05) is 0 Å². The van der Waals surface area contributed by atoms with Gasteiger partial charge in [-0.25, -0.2) is 0 Å². The molecule has 2 unspecified atom stereocenters. The van der Waals surface area contributed by atoms with Crippen molar-refractivity contribution in [3.05, 3.63) is 0 Å². The molecule has 0 aliphatic heterocycles. The first kappa shape index (κ1) is 9.63. The fourth-order valence-electron chi connectivity index (χ4n) is 0.741. The van der Waals surface area contributed by atoms with Gasteiger partial charge in [-0.05, 0) is 19.8 Å². The Kier molecular flexibility index (Phi) is 4.28. The van der Waals surface area contributed by atoms with E-state index in [1.165, 1.54) is 0 Å². The van der Waals surface area contributed by atoms with Gasteiger partial charge in [0.25, 0.3) is 0 Å². The Labute approximate surface area is 62.2 Å². The number of aliphatic hydroxyl groups excluding tert-OH is 1. The van der Waals surface area contributed by atoms with Gasteiger partial charge in [0.05, 0.1) is 6.10 Å². The van der Waals surface area contributed by atoms with E-state index >= 15 is 0 Å². The summed E-state index contributed by atoms with van der Waals surface area (Å²) in [7, 11) is 0. The van der Waals surface area contributed by atoms with Crippen LogP contribution >= 0.6 is 0 Å². The molecule has 0 aliphatic rings. The van der Waals surface area contributed by atoms with Crippen molar-refractivity contribution in [3.63, 3.8) is 0 Å². The molecule has 0 aromatic rings. The lowest BCUT2D eigenvalue weighted by Gasteiger charge is -2.11. The molecule has 60 valence electrons. The predicted molar refractivity (Wildman–Crippen MR) is 40.8 cm³/mol. The molecule has 10 heavy (non-hydrogen) atoms. The fourth-order valence-corrected chi connectivity index (χ4v) is 0.741.